The van der Waals surface area contributed by atoms with Gasteiger partial charge in [0.05, 0.1) is 21.8 Å². The van der Waals surface area contributed by atoms with Crippen LogP contribution < -0.4 is 16.4 Å². The lowest BCUT2D eigenvalue weighted by Crippen LogP contribution is -2.20. The number of aromatic nitrogens is 2. The Bertz CT molecular complexity index is 907. The predicted molar refractivity (Wildman–Crippen MR) is 86.6 cm³/mol. The van der Waals surface area contributed by atoms with Crippen molar-refractivity contribution in [3.05, 3.63) is 59.9 Å². The summed E-state index contributed by atoms with van der Waals surface area (Å²) < 4.78 is 6.87. The molecule has 0 unspecified atom stereocenters. The standard InChI is InChI=1S/C13H9Br2N3O3/c14-8-4-6(21-11(8)15)5-16-9-3-1-2-7-10(9)13(20)18-17-12(7)19/h1-4,16H,5H2,(H,17,19)(H,18,20). The van der Waals surface area contributed by atoms with Crippen molar-refractivity contribution in [1.29, 1.82) is 0 Å². The van der Waals surface area contributed by atoms with Gasteiger partial charge in [0, 0.05) is 5.69 Å². The van der Waals surface area contributed by atoms with Gasteiger partial charge in [-0.15, -0.1) is 0 Å². The minimum Gasteiger partial charge on any atom is -0.451 e. The van der Waals surface area contributed by atoms with Crippen LogP contribution in [-0.2, 0) is 6.54 Å². The molecule has 0 saturated carbocycles. The van der Waals surface area contributed by atoms with Crippen LogP contribution in [0.5, 0.6) is 0 Å². The molecule has 0 spiro atoms. The first-order chi connectivity index (χ1) is 10.1. The SMILES string of the molecule is O=c1[nH][nH]c(=O)c2c(NCc3cc(Br)c(Br)o3)cccc12. The Morgan fingerprint density at radius 3 is 2.62 bits per heavy atom. The van der Waals surface area contributed by atoms with Gasteiger partial charge in [-0.25, -0.2) is 0 Å². The van der Waals surface area contributed by atoms with E-state index in [2.05, 4.69) is 47.4 Å². The van der Waals surface area contributed by atoms with E-state index in [0.717, 1.165) is 4.47 Å². The number of hydrogen-bond donors (Lipinski definition) is 3. The summed E-state index contributed by atoms with van der Waals surface area (Å²) in [4.78, 5) is 23.6. The zero-order chi connectivity index (χ0) is 15.0. The van der Waals surface area contributed by atoms with Crippen LogP contribution in [0.4, 0.5) is 5.69 Å². The number of hydrogen-bond acceptors (Lipinski definition) is 4. The van der Waals surface area contributed by atoms with Crippen molar-refractivity contribution >= 4 is 48.3 Å². The van der Waals surface area contributed by atoms with Gasteiger partial charge in [0.25, 0.3) is 11.1 Å². The van der Waals surface area contributed by atoms with Crippen molar-refractivity contribution in [3.63, 3.8) is 0 Å². The Morgan fingerprint density at radius 2 is 1.90 bits per heavy atom. The van der Waals surface area contributed by atoms with Gasteiger partial charge in [0.1, 0.15) is 5.76 Å². The van der Waals surface area contributed by atoms with Crippen molar-refractivity contribution in [2.45, 2.75) is 6.54 Å². The van der Waals surface area contributed by atoms with Crippen LogP contribution in [0.1, 0.15) is 5.76 Å². The number of halogens is 2. The van der Waals surface area contributed by atoms with Gasteiger partial charge in [-0.05, 0) is 50.1 Å². The maximum absolute atomic E-state index is 11.9. The van der Waals surface area contributed by atoms with E-state index < -0.39 is 0 Å². The molecule has 1 aromatic carbocycles. The number of furan rings is 1. The molecule has 8 heteroatoms. The lowest BCUT2D eigenvalue weighted by Gasteiger charge is -2.07. The summed E-state index contributed by atoms with van der Waals surface area (Å²) in [5.74, 6) is 0.687. The van der Waals surface area contributed by atoms with Crippen LogP contribution in [0.15, 0.2) is 47.4 Å². The molecule has 21 heavy (non-hydrogen) atoms. The quantitative estimate of drug-likeness (QED) is 0.614. The van der Waals surface area contributed by atoms with Crippen molar-refractivity contribution in [2.75, 3.05) is 5.32 Å². The van der Waals surface area contributed by atoms with Crippen molar-refractivity contribution in [1.82, 2.24) is 10.2 Å². The molecule has 3 rings (SSSR count). The van der Waals surface area contributed by atoms with E-state index >= 15 is 0 Å². The summed E-state index contributed by atoms with van der Waals surface area (Å²) in [6.07, 6.45) is 0. The van der Waals surface area contributed by atoms with Gasteiger partial charge in [0.15, 0.2) is 4.67 Å². The highest BCUT2D eigenvalue weighted by molar-refractivity contribution is 9.13. The normalized spacial score (nSPS) is 11.0. The van der Waals surface area contributed by atoms with Gasteiger partial charge in [-0.2, -0.15) is 0 Å². The van der Waals surface area contributed by atoms with Gasteiger partial charge in [-0.3, -0.25) is 19.8 Å². The molecule has 0 aliphatic carbocycles. The molecule has 108 valence electrons. The molecule has 3 aromatic rings. The van der Waals surface area contributed by atoms with Crippen LogP contribution in [0.2, 0.25) is 0 Å². The van der Waals surface area contributed by atoms with E-state index in [-0.39, 0.29) is 11.1 Å². The number of benzene rings is 1. The highest BCUT2D eigenvalue weighted by Gasteiger charge is 2.10. The predicted octanol–water partition coefficient (Wildman–Crippen LogP) is 2.95. The van der Waals surface area contributed by atoms with Crippen LogP contribution in [-0.4, -0.2) is 10.2 Å². The first-order valence-electron chi connectivity index (χ1n) is 5.97. The Morgan fingerprint density at radius 1 is 1.14 bits per heavy atom. The maximum atomic E-state index is 11.9. The summed E-state index contributed by atoms with van der Waals surface area (Å²) in [5.41, 5.74) is -0.116. The second kappa shape index (κ2) is 5.53. The van der Waals surface area contributed by atoms with Crippen LogP contribution in [0.3, 0.4) is 0 Å². The maximum Gasteiger partial charge on any atom is 0.272 e. The third-order valence-electron chi connectivity index (χ3n) is 2.97. The van der Waals surface area contributed by atoms with Crippen LogP contribution in [0, 0.1) is 0 Å². The monoisotopic (exact) mass is 413 g/mol. The Labute approximate surface area is 134 Å². The van der Waals surface area contributed by atoms with Gasteiger partial charge < -0.3 is 9.73 Å². The lowest BCUT2D eigenvalue weighted by atomic mass is 10.1. The molecule has 0 aliphatic rings. The second-order valence-corrected chi connectivity index (χ2v) is 5.90. The van der Waals surface area contributed by atoms with Crippen LogP contribution in [0.25, 0.3) is 10.8 Å². The molecule has 2 heterocycles. The lowest BCUT2D eigenvalue weighted by molar-refractivity contribution is 0.494. The molecule has 0 saturated heterocycles. The van der Waals surface area contributed by atoms with E-state index in [0.29, 0.717) is 33.4 Å². The highest BCUT2D eigenvalue weighted by atomic mass is 79.9. The summed E-state index contributed by atoms with van der Waals surface area (Å²) in [5, 5.41) is 8.39. The summed E-state index contributed by atoms with van der Waals surface area (Å²) in [7, 11) is 0. The number of fused-ring (bicyclic) bond motifs is 1. The molecular weight excluding hydrogens is 406 g/mol. The molecule has 0 aliphatic heterocycles. The molecule has 0 radical (unpaired) electrons. The van der Waals surface area contributed by atoms with Crippen LogP contribution >= 0.6 is 31.9 Å². The molecule has 6 nitrogen and oxygen atoms in total. The zero-order valence-corrected chi connectivity index (χ0v) is 13.7. The number of anilines is 1. The molecule has 0 atom stereocenters. The molecular formula is C13H9Br2N3O3. The molecule has 0 fully saturated rings. The minimum absolute atomic E-state index is 0.325. The van der Waals surface area contributed by atoms with Crippen molar-refractivity contribution < 1.29 is 4.42 Å². The fraction of sp³-hybridized carbons (Fsp3) is 0.0769. The molecule has 0 bridgehead atoms. The number of H-pyrrole nitrogens is 2. The third kappa shape index (κ3) is 2.68. The number of rotatable bonds is 3. The zero-order valence-electron chi connectivity index (χ0n) is 10.5. The molecule has 3 N–H and O–H groups in total. The topological polar surface area (TPSA) is 90.9 Å². The number of nitrogens with one attached hydrogen (secondary N) is 3. The number of aromatic amines is 2. The summed E-state index contributed by atoms with van der Waals surface area (Å²) >= 11 is 6.60. The Kier molecular flexibility index (Phi) is 3.73. The molecule has 0 amide bonds. The fourth-order valence-corrected chi connectivity index (χ4v) is 2.70. The smallest absolute Gasteiger partial charge is 0.272 e. The summed E-state index contributed by atoms with van der Waals surface area (Å²) in [6, 6.07) is 6.88. The minimum atomic E-state index is -0.352. The van der Waals surface area contributed by atoms with Crippen molar-refractivity contribution in [2.24, 2.45) is 0 Å². The van der Waals surface area contributed by atoms with E-state index in [4.69, 9.17) is 4.42 Å². The highest BCUT2D eigenvalue weighted by Crippen LogP contribution is 2.27. The first kappa shape index (κ1) is 14.2. The van der Waals surface area contributed by atoms with E-state index in [1.54, 1.807) is 18.2 Å². The third-order valence-corrected chi connectivity index (χ3v) is 4.69. The largest absolute Gasteiger partial charge is 0.451 e. The average Bonchev–Trinajstić information content (AvgIpc) is 2.79. The second-order valence-electron chi connectivity index (χ2n) is 4.32. The van der Waals surface area contributed by atoms with Gasteiger partial charge in [-0.1, -0.05) is 6.07 Å². The molecule has 2 aromatic heterocycles. The average molecular weight is 415 g/mol. The summed E-state index contributed by atoms with van der Waals surface area (Å²) in [6.45, 7) is 0.384. The fourth-order valence-electron chi connectivity index (χ4n) is 2.04. The van der Waals surface area contributed by atoms with Gasteiger partial charge in [0.2, 0.25) is 0 Å². The first-order valence-corrected chi connectivity index (χ1v) is 7.56. The van der Waals surface area contributed by atoms with Crippen molar-refractivity contribution in [3.8, 4) is 0 Å². The Hall–Kier alpha value is -1.80. The van der Waals surface area contributed by atoms with Gasteiger partial charge >= 0.3 is 0 Å². The van der Waals surface area contributed by atoms with E-state index in [1.807, 2.05) is 6.07 Å². The van der Waals surface area contributed by atoms with E-state index in [1.165, 1.54) is 0 Å². The Balaban J connectivity index is 1.99. The van der Waals surface area contributed by atoms with E-state index in [9.17, 15) is 9.59 Å².